The smallest absolute Gasteiger partial charge is 0.124 e. The summed E-state index contributed by atoms with van der Waals surface area (Å²) in [7, 11) is 3.75. The van der Waals surface area contributed by atoms with Crippen LogP contribution in [-0.2, 0) is 4.79 Å². The minimum absolute atomic E-state index is 0.426. The van der Waals surface area contributed by atoms with Gasteiger partial charge in [-0.25, -0.2) is 0 Å². The lowest BCUT2D eigenvalue weighted by Crippen LogP contribution is -1.89. The first-order valence-corrected chi connectivity index (χ1v) is 3.72. The van der Waals surface area contributed by atoms with Crippen molar-refractivity contribution in [1.29, 1.82) is 0 Å². The Morgan fingerprint density at radius 1 is 1.42 bits per heavy atom. The number of rotatable bonds is 4. The van der Waals surface area contributed by atoms with Crippen LogP contribution in [0.5, 0.6) is 0 Å². The van der Waals surface area contributed by atoms with Crippen LogP contribution in [-0.4, -0.2) is 20.4 Å². The van der Waals surface area contributed by atoms with Crippen molar-refractivity contribution in [2.45, 2.75) is 6.42 Å². The van der Waals surface area contributed by atoms with Gasteiger partial charge in [0.05, 0.1) is 0 Å². The topological polar surface area (TPSA) is 29.1 Å². The molecule has 0 unspecified atom stereocenters. The van der Waals surface area contributed by atoms with Crippen LogP contribution < -0.4 is 5.32 Å². The fourth-order valence-corrected chi connectivity index (χ4v) is 0.467. The summed E-state index contributed by atoms with van der Waals surface area (Å²) in [6, 6.07) is 0. The highest BCUT2D eigenvalue weighted by Crippen LogP contribution is 1.98. The van der Waals surface area contributed by atoms with Gasteiger partial charge in [-0.15, -0.1) is 0 Å². The molecule has 68 valence electrons. The molecular formula is C10H17NO. The first-order chi connectivity index (χ1) is 5.76. The van der Waals surface area contributed by atoms with Gasteiger partial charge >= 0.3 is 0 Å². The number of carbonyl (C=O) groups is 1. The van der Waals surface area contributed by atoms with E-state index >= 15 is 0 Å². The van der Waals surface area contributed by atoms with Gasteiger partial charge in [-0.3, -0.25) is 0 Å². The van der Waals surface area contributed by atoms with Gasteiger partial charge in [-0.05, 0) is 19.7 Å². The molecule has 0 rings (SSSR count). The average molecular weight is 167 g/mol. The largest absolute Gasteiger partial charge is 0.323 e. The predicted octanol–water partition coefficient (Wildman–Crippen LogP) is 1.71. The van der Waals surface area contributed by atoms with Crippen LogP contribution in [0, 0.1) is 0 Å². The zero-order chi connectivity index (χ0) is 9.82. The van der Waals surface area contributed by atoms with Crippen molar-refractivity contribution in [1.82, 2.24) is 5.32 Å². The van der Waals surface area contributed by atoms with E-state index in [0.29, 0.717) is 6.42 Å². The molecule has 0 atom stereocenters. The maximum absolute atomic E-state index is 9.93. The van der Waals surface area contributed by atoms with Gasteiger partial charge < -0.3 is 10.1 Å². The van der Waals surface area contributed by atoms with Crippen LogP contribution in [0.15, 0.2) is 37.0 Å². The molecular weight excluding hydrogens is 150 g/mol. The van der Waals surface area contributed by atoms with Crippen molar-refractivity contribution >= 4 is 6.29 Å². The summed E-state index contributed by atoms with van der Waals surface area (Å²) < 4.78 is 0. The molecule has 0 aliphatic rings. The summed E-state index contributed by atoms with van der Waals surface area (Å²) in [5, 5.41) is 2.75. The maximum atomic E-state index is 9.93. The van der Waals surface area contributed by atoms with Crippen LogP contribution >= 0.6 is 0 Å². The highest BCUT2D eigenvalue weighted by Gasteiger charge is 1.84. The monoisotopic (exact) mass is 167 g/mol. The van der Waals surface area contributed by atoms with Crippen LogP contribution in [0.4, 0.5) is 0 Å². The number of aldehydes is 1. The minimum Gasteiger partial charge on any atom is -0.323 e. The Hall–Kier alpha value is -1.15. The first kappa shape index (κ1) is 13.4. The predicted molar refractivity (Wildman–Crippen MR) is 54.1 cm³/mol. The van der Waals surface area contributed by atoms with Crippen molar-refractivity contribution in [2.75, 3.05) is 14.1 Å². The van der Waals surface area contributed by atoms with E-state index in [2.05, 4.69) is 18.5 Å². The SMILES string of the molecule is C=C/C=C(\C=C)CC=O.CNC. The molecule has 2 heteroatoms. The third-order valence-corrected chi connectivity index (χ3v) is 0.913. The molecule has 12 heavy (non-hydrogen) atoms. The van der Waals surface area contributed by atoms with Gasteiger partial charge in [0.2, 0.25) is 0 Å². The fraction of sp³-hybridized carbons (Fsp3) is 0.300. The van der Waals surface area contributed by atoms with Crippen molar-refractivity contribution in [2.24, 2.45) is 0 Å². The van der Waals surface area contributed by atoms with Gasteiger partial charge in [0, 0.05) is 6.42 Å². The van der Waals surface area contributed by atoms with E-state index in [1.807, 2.05) is 14.1 Å². The molecule has 0 bridgehead atoms. The Morgan fingerprint density at radius 2 is 1.92 bits per heavy atom. The Balaban J connectivity index is 0. The molecule has 0 fully saturated rings. The standard InChI is InChI=1S/C8H10O.C2H7N/c1-3-5-8(4-2)6-7-9;1-3-2/h3-5,7H,1-2,6H2;3H,1-2H3/b8-5+;. The summed E-state index contributed by atoms with van der Waals surface area (Å²) in [6.45, 7) is 7.01. The second-order valence-electron chi connectivity index (χ2n) is 2.05. The number of hydrogen-bond acceptors (Lipinski definition) is 2. The van der Waals surface area contributed by atoms with E-state index < -0.39 is 0 Å². The third kappa shape index (κ3) is 11.6. The fourth-order valence-electron chi connectivity index (χ4n) is 0.467. The van der Waals surface area contributed by atoms with Gasteiger partial charge in [0.1, 0.15) is 6.29 Å². The van der Waals surface area contributed by atoms with Gasteiger partial charge in [-0.2, -0.15) is 0 Å². The highest BCUT2D eigenvalue weighted by molar-refractivity contribution is 5.56. The molecule has 0 aromatic heterocycles. The van der Waals surface area contributed by atoms with Crippen molar-refractivity contribution < 1.29 is 4.79 Å². The number of allylic oxidation sites excluding steroid dienone is 4. The van der Waals surface area contributed by atoms with Crippen LogP contribution in [0.1, 0.15) is 6.42 Å². The number of carbonyl (C=O) groups excluding carboxylic acids is 1. The second-order valence-corrected chi connectivity index (χ2v) is 2.05. The van der Waals surface area contributed by atoms with Crippen molar-refractivity contribution in [3.8, 4) is 0 Å². The Kier molecular flexibility index (Phi) is 14.0. The van der Waals surface area contributed by atoms with E-state index in [-0.39, 0.29) is 0 Å². The molecule has 0 spiro atoms. The Bertz CT molecular complexity index is 159. The molecule has 0 saturated carbocycles. The lowest BCUT2D eigenvalue weighted by atomic mass is 10.2. The van der Waals surface area contributed by atoms with Gasteiger partial charge in [0.25, 0.3) is 0 Å². The molecule has 0 saturated heterocycles. The molecule has 0 aromatic carbocycles. The molecule has 0 heterocycles. The lowest BCUT2D eigenvalue weighted by molar-refractivity contribution is -0.107. The minimum atomic E-state index is 0.426. The summed E-state index contributed by atoms with van der Waals surface area (Å²) in [5.74, 6) is 0. The molecule has 2 nitrogen and oxygen atoms in total. The van der Waals surface area contributed by atoms with E-state index in [9.17, 15) is 4.79 Å². The summed E-state index contributed by atoms with van der Waals surface area (Å²) in [6.07, 6.45) is 6.32. The third-order valence-electron chi connectivity index (χ3n) is 0.913. The molecule has 0 radical (unpaired) electrons. The quantitative estimate of drug-likeness (QED) is 0.510. The zero-order valence-electron chi connectivity index (χ0n) is 7.84. The highest BCUT2D eigenvalue weighted by atomic mass is 16.1. The van der Waals surface area contributed by atoms with Crippen molar-refractivity contribution in [3.63, 3.8) is 0 Å². The van der Waals surface area contributed by atoms with Gasteiger partial charge in [-0.1, -0.05) is 31.4 Å². The Morgan fingerprint density at radius 3 is 2.17 bits per heavy atom. The van der Waals surface area contributed by atoms with E-state index in [1.165, 1.54) is 0 Å². The normalized spacial score (nSPS) is 9.33. The number of nitrogens with one attached hydrogen (secondary N) is 1. The van der Waals surface area contributed by atoms with E-state index in [4.69, 9.17) is 0 Å². The van der Waals surface area contributed by atoms with E-state index in [0.717, 1.165) is 11.9 Å². The summed E-state index contributed by atoms with van der Waals surface area (Å²) >= 11 is 0. The lowest BCUT2D eigenvalue weighted by Gasteiger charge is -1.88. The Labute approximate surface area is 74.7 Å². The second kappa shape index (κ2) is 12.5. The van der Waals surface area contributed by atoms with E-state index in [1.54, 1.807) is 18.2 Å². The first-order valence-electron chi connectivity index (χ1n) is 3.72. The molecule has 0 aliphatic heterocycles. The molecule has 0 amide bonds. The average Bonchev–Trinajstić information content (AvgIpc) is 2.05. The van der Waals surface area contributed by atoms with Crippen LogP contribution in [0.25, 0.3) is 0 Å². The van der Waals surface area contributed by atoms with Crippen LogP contribution in [0.3, 0.4) is 0 Å². The van der Waals surface area contributed by atoms with Crippen molar-refractivity contribution in [3.05, 3.63) is 37.0 Å². The maximum Gasteiger partial charge on any atom is 0.124 e. The number of hydrogen-bond donors (Lipinski definition) is 1. The molecule has 0 aromatic rings. The molecule has 0 aliphatic carbocycles. The summed E-state index contributed by atoms with van der Waals surface area (Å²) in [4.78, 5) is 9.93. The summed E-state index contributed by atoms with van der Waals surface area (Å²) in [5.41, 5.74) is 0.903. The van der Waals surface area contributed by atoms with Crippen LogP contribution in [0.2, 0.25) is 0 Å². The van der Waals surface area contributed by atoms with Gasteiger partial charge in [0.15, 0.2) is 0 Å². The molecule has 1 N–H and O–H groups in total. The zero-order valence-corrected chi connectivity index (χ0v) is 7.84.